The maximum Gasteiger partial charge on any atom is 0.0213 e. The van der Waals surface area contributed by atoms with E-state index in [-0.39, 0.29) is 45.1 Å². The van der Waals surface area contributed by atoms with Gasteiger partial charge in [-0.3, -0.25) is 0 Å². The Balaban J connectivity index is 0.000000488. The minimum Gasteiger partial charge on any atom is -0.169 e. The molecule has 0 amide bonds. The van der Waals surface area contributed by atoms with Gasteiger partial charge in [-0.25, -0.2) is 0 Å². The summed E-state index contributed by atoms with van der Waals surface area (Å²) < 4.78 is 0. The van der Waals surface area contributed by atoms with Crippen LogP contribution >= 0.6 is 12.4 Å². The second kappa shape index (κ2) is 15.5. The van der Waals surface area contributed by atoms with E-state index >= 15 is 0 Å². The van der Waals surface area contributed by atoms with Crippen LogP contribution in [-0.4, -0.2) is 9.52 Å². The molecule has 4 aromatic carbocycles. The topological polar surface area (TPSA) is 0 Å². The van der Waals surface area contributed by atoms with E-state index in [0.29, 0.717) is 0 Å². The summed E-state index contributed by atoms with van der Waals surface area (Å²) in [5, 5.41) is 0. The van der Waals surface area contributed by atoms with Crippen molar-refractivity contribution in [3.05, 3.63) is 107 Å². The number of aryl methyl sites for hydroxylation is 4. The summed E-state index contributed by atoms with van der Waals surface area (Å²) in [6, 6.07) is 30.0. The van der Waals surface area contributed by atoms with Gasteiger partial charge in [0.2, 0.25) is 0 Å². The fourth-order valence-electron chi connectivity index (χ4n) is 3.46. The Morgan fingerprint density at radius 1 is 0.581 bits per heavy atom. The first kappa shape index (κ1) is 29.8. The summed E-state index contributed by atoms with van der Waals surface area (Å²) in [5.74, 6) is 0. The van der Waals surface area contributed by atoms with Crippen LogP contribution in [-0.2, 0) is 32.7 Å². The van der Waals surface area contributed by atoms with Crippen molar-refractivity contribution in [3.63, 3.8) is 0 Å². The van der Waals surface area contributed by atoms with Crippen molar-refractivity contribution >= 4 is 21.9 Å². The van der Waals surface area contributed by atoms with Crippen LogP contribution in [0.5, 0.6) is 0 Å². The SMILES string of the molecule is C[SiH]C.Cc1cc(C)c(-c2ccccc2)[cH-]1.Cc1cc(C)c(-c2ccccc2)[cH-]1.Cl.[Y]. The molecule has 0 atom stereocenters. The molecule has 0 nitrogen and oxygen atoms in total. The average Bonchev–Trinajstić information content (AvgIpc) is 3.24. The molecule has 0 fully saturated rings. The second-order valence-electron chi connectivity index (χ2n) is 7.57. The van der Waals surface area contributed by atoms with Crippen molar-refractivity contribution in [2.75, 3.05) is 0 Å². The van der Waals surface area contributed by atoms with Crippen LogP contribution in [0.25, 0.3) is 22.3 Å². The Morgan fingerprint density at radius 3 is 1.10 bits per heavy atom. The van der Waals surface area contributed by atoms with E-state index in [4.69, 9.17) is 0 Å². The molecule has 0 saturated heterocycles. The van der Waals surface area contributed by atoms with Crippen LogP contribution in [0.1, 0.15) is 22.3 Å². The van der Waals surface area contributed by atoms with E-state index in [1.807, 2.05) is 0 Å². The molecular formula is C28H34ClSiY-2. The van der Waals surface area contributed by atoms with Crippen molar-refractivity contribution in [1.29, 1.82) is 0 Å². The molecule has 4 rings (SSSR count). The molecule has 3 heteroatoms. The standard InChI is InChI=1S/2C13H13.C2H7Si.ClH.Y/c2*1-10-8-11(2)13(9-10)12-6-4-3-5-7-12;1-3-2;;/h2*3-9H,1-2H3;3H,1-2H3;1H;/q2*-1;;;. The van der Waals surface area contributed by atoms with Gasteiger partial charge in [0.15, 0.2) is 0 Å². The van der Waals surface area contributed by atoms with Gasteiger partial charge < -0.3 is 0 Å². The third-order valence-corrected chi connectivity index (χ3v) is 4.65. The number of halogens is 1. The summed E-state index contributed by atoms with van der Waals surface area (Å²) in [7, 11) is 0.750. The van der Waals surface area contributed by atoms with Gasteiger partial charge in [0, 0.05) is 42.2 Å². The van der Waals surface area contributed by atoms with Gasteiger partial charge in [0.1, 0.15) is 0 Å². The molecule has 0 N–H and O–H groups in total. The fraction of sp³-hybridized carbons (Fsp3) is 0.214. The molecule has 0 aliphatic carbocycles. The van der Waals surface area contributed by atoms with Gasteiger partial charge in [-0.05, 0) is 0 Å². The molecule has 0 saturated carbocycles. The summed E-state index contributed by atoms with van der Waals surface area (Å²) in [4.78, 5) is 0. The van der Waals surface area contributed by atoms with Crippen LogP contribution in [0.3, 0.4) is 0 Å². The van der Waals surface area contributed by atoms with Crippen LogP contribution in [0.15, 0.2) is 84.9 Å². The maximum atomic E-state index is 2.24. The Morgan fingerprint density at radius 2 is 0.871 bits per heavy atom. The van der Waals surface area contributed by atoms with Gasteiger partial charge in [-0.2, -0.15) is 23.3 Å². The first-order valence-corrected chi connectivity index (χ1v) is 12.6. The zero-order valence-corrected chi connectivity index (χ0v) is 24.5. The summed E-state index contributed by atoms with van der Waals surface area (Å²) in [6.45, 7) is 13.0. The minimum absolute atomic E-state index is 0. The Kier molecular flexibility index (Phi) is 14.9. The molecule has 31 heavy (non-hydrogen) atoms. The Bertz CT molecular complexity index is 903. The van der Waals surface area contributed by atoms with Crippen LogP contribution in [0.4, 0.5) is 0 Å². The molecule has 162 valence electrons. The van der Waals surface area contributed by atoms with E-state index in [2.05, 4.69) is 126 Å². The van der Waals surface area contributed by atoms with Crippen LogP contribution < -0.4 is 0 Å². The van der Waals surface area contributed by atoms with Crippen LogP contribution in [0.2, 0.25) is 13.1 Å². The molecule has 0 bridgehead atoms. The number of hydrogen-bond donors (Lipinski definition) is 0. The molecule has 0 heterocycles. The normalized spacial score (nSPS) is 9.23. The van der Waals surface area contributed by atoms with Gasteiger partial charge in [-0.15, -0.1) is 46.8 Å². The zero-order chi connectivity index (χ0) is 21.2. The van der Waals surface area contributed by atoms with Crippen molar-refractivity contribution in [2.24, 2.45) is 0 Å². The number of benzene rings is 2. The quantitative estimate of drug-likeness (QED) is 0.183. The third-order valence-electron chi connectivity index (χ3n) is 4.65. The summed E-state index contributed by atoms with van der Waals surface area (Å²) in [5.41, 5.74) is 10.8. The maximum absolute atomic E-state index is 2.24. The van der Waals surface area contributed by atoms with Gasteiger partial charge >= 0.3 is 0 Å². The van der Waals surface area contributed by atoms with E-state index < -0.39 is 0 Å². The molecule has 0 aliphatic heterocycles. The third kappa shape index (κ3) is 9.41. The molecule has 0 unspecified atom stereocenters. The molecule has 0 spiro atoms. The largest absolute Gasteiger partial charge is 0.169 e. The first-order chi connectivity index (χ1) is 14.0. The molecule has 0 aromatic heterocycles. The van der Waals surface area contributed by atoms with Crippen LogP contribution in [0, 0.1) is 27.7 Å². The Hall–Kier alpha value is -1.25. The predicted octanol–water partition coefficient (Wildman–Crippen LogP) is 8.32. The van der Waals surface area contributed by atoms with Crippen molar-refractivity contribution in [2.45, 2.75) is 40.8 Å². The monoisotopic (exact) mass is 522 g/mol. The van der Waals surface area contributed by atoms with E-state index in [1.165, 1.54) is 44.5 Å². The Labute approximate surface area is 223 Å². The fourth-order valence-corrected chi connectivity index (χ4v) is 3.46. The number of hydrogen-bond acceptors (Lipinski definition) is 0. The summed E-state index contributed by atoms with van der Waals surface area (Å²) >= 11 is 0. The van der Waals surface area contributed by atoms with Crippen molar-refractivity contribution in [3.8, 4) is 22.3 Å². The molecular weight excluding hydrogens is 489 g/mol. The second-order valence-corrected chi connectivity index (χ2v) is 8.72. The average molecular weight is 523 g/mol. The van der Waals surface area contributed by atoms with E-state index in [0.717, 1.165) is 9.52 Å². The first-order valence-electron chi connectivity index (χ1n) is 10.3. The van der Waals surface area contributed by atoms with E-state index in [9.17, 15) is 0 Å². The van der Waals surface area contributed by atoms with Gasteiger partial charge in [0.25, 0.3) is 0 Å². The molecule has 4 aromatic rings. The number of rotatable bonds is 2. The van der Waals surface area contributed by atoms with Gasteiger partial charge in [-0.1, -0.05) is 113 Å². The van der Waals surface area contributed by atoms with Gasteiger partial charge in [0.05, 0.1) is 0 Å². The van der Waals surface area contributed by atoms with Crippen molar-refractivity contribution in [1.82, 2.24) is 0 Å². The predicted molar refractivity (Wildman–Crippen MR) is 140 cm³/mol. The minimum atomic E-state index is 0. The molecule has 0 aliphatic rings. The van der Waals surface area contributed by atoms with E-state index in [1.54, 1.807) is 0 Å². The summed E-state index contributed by atoms with van der Waals surface area (Å²) in [6.07, 6.45) is 0. The van der Waals surface area contributed by atoms with Crippen molar-refractivity contribution < 1.29 is 32.7 Å². The zero-order valence-electron chi connectivity index (χ0n) is 19.6. The smallest absolute Gasteiger partial charge is 0.0213 e. The molecule has 2 radical (unpaired) electrons.